The summed E-state index contributed by atoms with van der Waals surface area (Å²) in [5.74, 6) is -0.486. The molecule has 4 aromatic rings. The summed E-state index contributed by atoms with van der Waals surface area (Å²) < 4.78 is 1.71. The number of hydrogen-bond acceptors (Lipinski definition) is 5. The van der Waals surface area contributed by atoms with Crippen molar-refractivity contribution in [3.8, 4) is 11.3 Å². The fraction of sp³-hybridized carbons (Fsp3) is 0.250. The van der Waals surface area contributed by atoms with Gasteiger partial charge in [0.2, 0.25) is 10.9 Å². The molecule has 0 aliphatic rings. The summed E-state index contributed by atoms with van der Waals surface area (Å²) in [7, 11) is 0. The second-order valence-electron chi connectivity index (χ2n) is 8.67. The molecule has 4 rings (SSSR count). The van der Waals surface area contributed by atoms with Crippen LogP contribution in [0.25, 0.3) is 16.2 Å². The predicted octanol–water partition coefficient (Wildman–Crippen LogP) is 4.43. The number of nitrogens with one attached hydrogen (secondary N) is 2. The van der Waals surface area contributed by atoms with Crippen LogP contribution in [0.15, 0.2) is 53.9 Å². The zero-order valence-electron chi connectivity index (χ0n) is 18.5. The Kier molecular flexibility index (Phi) is 5.80. The lowest BCUT2D eigenvalue weighted by molar-refractivity contribution is -0.115. The third-order valence-corrected chi connectivity index (χ3v) is 5.92. The number of thiazole rings is 1. The van der Waals surface area contributed by atoms with Gasteiger partial charge in [0.05, 0.1) is 12.2 Å². The van der Waals surface area contributed by atoms with Gasteiger partial charge < -0.3 is 5.32 Å². The molecular weight excluding hydrogens is 422 g/mol. The summed E-state index contributed by atoms with van der Waals surface area (Å²) in [6.45, 7) is 8.21. The van der Waals surface area contributed by atoms with Crippen LogP contribution in [-0.4, -0.2) is 33.0 Å². The Morgan fingerprint density at radius 3 is 2.38 bits per heavy atom. The van der Waals surface area contributed by atoms with Gasteiger partial charge in [0, 0.05) is 16.5 Å². The van der Waals surface area contributed by atoms with Gasteiger partial charge in [0.1, 0.15) is 0 Å². The van der Waals surface area contributed by atoms with Crippen molar-refractivity contribution in [3.63, 3.8) is 0 Å². The normalized spacial score (nSPS) is 11.5. The van der Waals surface area contributed by atoms with E-state index in [1.54, 1.807) is 16.6 Å². The van der Waals surface area contributed by atoms with E-state index in [9.17, 15) is 9.59 Å². The number of hydrogen-bond donors (Lipinski definition) is 2. The highest BCUT2D eigenvalue weighted by molar-refractivity contribution is 7.15. The molecule has 0 aliphatic heterocycles. The van der Waals surface area contributed by atoms with E-state index in [1.807, 2.05) is 48.7 Å². The van der Waals surface area contributed by atoms with Crippen molar-refractivity contribution >= 4 is 34.1 Å². The maximum atomic E-state index is 12.4. The molecule has 0 bridgehead atoms. The van der Waals surface area contributed by atoms with Crippen LogP contribution >= 0.6 is 11.3 Å². The first-order chi connectivity index (χ1) is 15.2. The van der Waals surface area contributed by atoms with E-state index in [0.717, 1.165) is 16.8 Å². The summed E-state index contributed by atoms with van der Waals surface area (Å²) in [5, 5.41) is 11.7. The highest BCUT2D eigenvalue weighted by atomic mass is 32.1. The van der Waals surface area contributed by atoms with Crippen LogP contribution in [0.2, 0.25) is 0 Å². The van der Waals surface area contributed by atoms with Crippen molar-refractivity contribution in [2.45, 2.75) is 33.1 Å². The molecule has 164 valence electrons. The zero-order chi connectivity index (χ0) is 22.9. The van der Waals surface area contributed by atoms with E-state index >= 15 is 0 Å². The molecule has 8 heteroatoms. The highest BCUT2D eigenvalue weighted by Crippen LogP contribution is 2.26. The van der Waals surface area contributed by atoms with Crippen LogP contribution in [0.3, 0.4) is 0 Å². The van der Waals surface area contributed by atoms with Crippen molar-refractivity contribution < 1.29 is 9.59 Å². The molecule has 2 amide bonds. The molecule has 0 saturated carbocycles. The number of fused-ring (bicyclic) bond motifs is 1. The Morgan fingerprint density at radius 2 is 1.72 bits per heavy atom. The molecule has 0 unspecified atom stereocenters. The van der Waals surface area contributed by atoms with Crippen LogP contribution in [0.4, 0.5) is 5.95 Å². The standard InChI is InChI=1S/C24H25N5O2S/c1-15-5-7-16(8-6-15)19-14-32-23-27-22(28-29(19)23)26-20(30)13-25-21(31)17-9-11-18(12-10-17)24(2,3)4/h5-12,14H,13H2,1-4H3,(H,25,31)(H,26,28,30). The van der Waals surface area contributed by atoms with Gasteiger partial charge in [0.15, 0.2) is 0 Å². The Morgan fingerprint density at radius 1 is 1.03 bits per heavy atom. The molecule has 0 saturated heterocycles. The quantitative estimate of drug-likeness (QED) is 0.474. The summed E-state index contributed by atoms with van der Waals surface area (Å²) in [4.78, 5) is 29.7. The van der Waals surface area contributed by atoms with Gasteiger partial charge in [-0.2, -0.15) is 4.98 Å². The average Bonchev–Trinajstić information content (AvgIpc) is 3.32. The minimum Gasteiger partial charge on any atom is -0.343 e. The van der Waals surface area contributed by atoms with E-state index in [4.69, 9.17) is 0 Å². The minimum absolute atomic E-state index is 0.0134. The van der Waals surface area contributed by atoms with Crippen molar-refractivity contribution in [2.75, 3.05) is 11.9 Å². The van der Waals surface area contributed by atoms with Gasteiger partial charge in [-0.05, 0) is 30.0 Å². The summed E-state index contributed by atoms with van der Waals surface area (Å²) in [6, 6.07) is 15.5. The van der Waals surface area contributed by atoms with E-state index in [-0.39, 0.29) is 29.7 Å². The second-order valence-corrected chi connectivity index (χ2v) is 9.51. The molecule has 7 nitrogen and oxygen atoms in total. The van der Waals surface area contributed by atoms with Gasteiger partial charge in [-0.3, -0.25) is 14.9 Å². The van der Waals surface area contributed by atoms with E-state index in [0.29, 0.717) is 10.5 Å². The van der Waals surface area contributed by atoms with Crippen LogP contribution in [0.1, 0.15) is 42.3 Å². The van der Waals surface area contributed by atoms with E-state index < -0.39 is 0 Å². The molecule has 0 aliphatic carbocycles. The number of amides is 2. The molecule has 0 radical (unpaired) electrons. The maximum absolute atomic E-state index is 12.4. The number of aryl methyl sites for hydroxylation is 1. The molecular formula is C24H25N5O2S. The minimum atomic E-state index is -0.389. The predicted molar refractivity (Wildman–Crippen MR) is 127 cm³/mol. The van der Waals surface area contributed by atoms with E-state index in [1.165, 1.54) is 16.9 Å². The molecule has 0 atom stereocenters. The Bertz CT molecular complexity index is 1260. The molecule has 0 spiro atoms. The number of carbonyl (C=O) groups excluding carboxylic acids is 2. The molecule has 2 heterocycles. The summed E-state index contributed by atoms with van der Waals surface area (Å²) >= 11 is 1.45. The van der Waals surface area contributed by atoms with Crippen LogP contribution in [-0.2, 0) is 10.2 Å². The van der Waals surface area contributed by atoms with Gasteiger partial charge in [0.25, 0.3) is 11.9 Å². The molecule has 2 aromatic carbocycles. The Labute approximate surface area is 190 Å². The van der Waals surface area contributed by atoms with Crippen LogP contribution < -0.4 is 10.6 Å². The van der Waals surface area contributed by atoms with Gasteiger partial charge in [-0.15, -0.1) is 16.4 Å². The Balaban J connectivity index is 1.38. The van der Waals surface area contributed by atoms with Gasteiger partial charge in [-0.1, -0.05) is 62.7 Å². The average molecular weight is 448 g/mol. The van der Waals surface area contributed by atoms with Crippen molar-refractivity contribution in [3.05, 3.63) is 70.6 Å². The number of nitrogens with zero attached hydrogens (tertiary/aromatic N) is 3. The Hall–Kier alpha value is -3.52. The number of anilines is 1. The first-order valence-electron chi connectivity index (χ1n) is 10.3. The molecule has 2 aromatic heterocycles. The lowest BCUT2D eigenvalue weighted by Crippen LogP contribution is -2.33. The third kappa shape index (κ3) is 4.70. The first kappa shape index (κ1) is 21.7. The third-order valence-electron chi connectivity index (χ3n) is 5.10. The fourth-order valence-electron chi connectivity index (χ4n) is 3.21. The maximum Gasteiger partial charge on any atom is 0.251 e. The highest BCUT2D eigenvalue weighted by Gasteiger charge is 2.16. The van der Waals surface area contributed by atoms with Gasteiger partial charge in [-0.25, -0.2) is 4.52 Å². The van der Waals surface area contributed by atoms with Gasteiger partial charge >= 0.3 is 0 Å². The monoisotopic (exact) mass is 447 g/mol. The summed E-state index contributed by atoms with van der Waals surface area (Å²) in [6.07, 6.45) is 0. The number of aromatic nitrogens is 3. The van der Waals surface area contributed by atoms with Crippen molar-refractivity contribution in [1.29, 1.82) is 0 Å². The lowest BCUT2D eigenvalue weighted by Gasteiger charge is -2.19. The topological polar surface area (TPSA) is 88.4 Å². The number of rotatable bonds is 5. The molecule has 0 fully saturated rings. The smallest absolute Gasteiger partial charge is 0.251 e. The van der Waals surface area contributed by atoms with Crippen LogP contribution in [0, 0.1) is 6.92 Å². The molecule has 2 N–H and O–H groups in total. The van der Waals surface area contributed by atoms with Crippen molar-refractivity contribution in [2.24, 2.45) is 0 Å². The fourth-order valence-corrected chi connectivity index (χ4v) is 4.04. The summed E-state index contributed by atoms with van der Waals surface area (Å²) in [5.41, 5.74) is 4.77. The zero-order valence-corrected chi connectivity index (χ0v) is 19.3. The second kappa shape index (κ2) is 8.55. The first-order valence-corrected chi connectivity index (χ1v) is 11.2. The van der Waals surface area contributed by atoms with E-state index in [2.05, 4.69) is 41.5 Å². The number of benzene rings is 2. The van der Waals surface area contributed by atoms with Crippen molar-refractivity contribution in [1.82, 2.24) is 19.9 Å². The SMILES string of the molecule is Cc1ccc(-c2csc3nc(NC(=O)CNC(=O)c4ccc(C(C)(C)C)cc4)nn23)cc1. The van der Waals surface area contributed by atoms with Crippen LogP contribution in [0.5, 0.6) is 0 Å². The largest absolute Gasteiger partial charge is 0.343 e. The lowest BCUT2D eigenvalue weighted by atomic mass is 9.87. The molecule has 32 heavy (non-hydrogen) atoms. The number of carbonyl (C=O) groups is 2.